The molecule has 0 bridgehead atoms. The van der Waals surface area contributed by atoms with Gasteiger partial charge in [0.15, 0.2) is 0 Å². The van der Waals surface area contributed by atoms with Crippen molar-refractivity contribution in [1.29, 1.82) is 0 Å². The molecule has 3 heteroatoms. The number of aliphatic hydroxyl groups is 1. The molecule has 0 saturated heterocycles. The summed E-state index contributed by atoms with van der Waals surface area (Å²) < 4.78 is 5.16. The second-order valence-electron chi connectivity index (χ2n) is 5.79. The van der Waals surface area contributed by atoms with E-state index in [9.17, 15) is 5.11 Å². The van der Waals surface area contributed by atoms with E-state index < -0.39 is 0 Å². The molecule has 2 unspecified atom stereocenters. The Bertz CT molecular complexity index is 399. The van der Waals surface area contributed by atoms with Crippen LogP contribution in [-0.2, 0) is 0 Å². The maximum absolute atomic E-state index is 9.74. The van der Waals surface area contributed by atoms with E-state index in [2.05, 4.69) is 38.2 Å². The van der Waals surface area contributed by atoms with E-state index in [4.69, 9.17) is 4.74 Å². The van der Waals surface area contributed by atoms with Crippen molar-refractivity contribution < 1.29 is 9.84 Å². The number of hydrogen-bond donors (Lipinski definition) is 2. The number of methoxy groups -OCH3 is 1. The first kappa shape index (κ1) is 13.4. The SMILES string of the molecule is COc1ccc([C@@H](C)NC2CC(O)C2(C)C)cc1. The van der Waals surface area contributed by atoms with Crippen LogP contribution in [0.4, 0.5) is 0 Å². The number of nitrogens with one attached hydrogen (secondary N) is 1. The average molecular weight is 249 g/mol. The standard InChI is InChI=1S/C15H23NO2/c1-10(11-5-7-12(18-4)8-6-11)16-13-9-14(17)15(13,2)3/h5-8,10,13-14,16-17H,9H2,1-4H3/t10-,13?,14?/m1/s1. The smallest absolute Gasteiger partial charge is 0.118 e. The molecule has 1 aliphatic carbocycles. The van der Waals surface area contributed by atoms with Crippen LogP contribution in [0, 0.1) is 5.41 Å². The molecule has 100 valence electrons. The molecule has 1 aromatic rings. The fourth-order valence-corrected chi connectivity index (χ4v) is 2.48. The highest BCUT2D eigenvalue weighted by Crippen LogP contribution is 2.41. The minimum atomic E-state index is -0.182. The van der Waals surface area contributed by atoms with Gasteiger partial charge in [-0.15, -0.1) is 0 Å². The predicted octanol–water partition coefficient (Wildman–Crippen LogP) is 2.51. The molecule has 0 radical (unpaired) electrons. The third kappa shape index (κ3) is 2.38. The van der Waals surface area contributed by atoms with Crippen LogP contribution in [0.25, 0.3) is 0 Å². The highest BCUT2D eigenvalue weighted by atomic mass is 16.5. The molecular formula is C15H23NO2. The van der Waals surface area contributed by atoms with Crippen molar-refractivity contribution in [3.05, 3.63) is 29.8 Å². The molecule has 18 heavy (non-hydrogen) atoms. The largest absolute Gasteiger partial charge is 0.497 e. The molecule has 0 aromatic heterocycles. The number of aliphatic hydroxyl groups excluding tert-OH is 1. The Morgan fingerprint density at radius 3 is 2.39 bits per heavy atom. The Hall–Kier alpha value is -1.06. The minimum absolute atomic E-state index is 0.0271. The van der Waals surface area contributed by atoms with Gasteiger partial charge >= 0.3 is 0 Å². The maximum atomic E-state index is 9.74. The molecule has 2 N–H and O–H groups in total. The van der Waals surface area contributed by atoms with E-state index in [1.807, 2.05) is 12.1 Å². The Kier molecular flexibility index (Phi) is 3.64. The van der Waals surface area contributed by atoms with E-state index in [-0.39, 0.29) is 17.6 Å². The summed E-state index contributed by atoms with van der Waals surface area (Å²) in [4.78, 5) is 0. The molecule has 3 atom stereocenters. The van der Waals surface area contributed by atoms with Gasteiger partial charge in [0.25, 0.3) is 0 Å². The molecule has 0 aliphatic heterocycles. The van der Waals surface area contributed by atoms with Crippen LogP contribution in [0.2, 0.25) is 0 Å². The van der Waals surface area contributed by atoms with Gasteiger partial charge in [0.2, 0.25) is 0 Å². The van der Waals surface area contributed by atoms with Crippen LogP contribution in [0.5, 0.6) is 5.75 Å². The molecular weight excluding hydrogens is 226 g/mol. The third-order valence-corrected chi connectivity index (χ3v) is 4.28. The molecule has 3 nitrogen and oxygen atoms in total. The Morgan fingerprint density at radius 2 is 1.94 bits per heavy atom. The van der Waals surface area contributed by atoms with Gasteiger partial charge in [0, 0.05) is 17.5 Å². The van der Waals surface area contributed by atoms with Crippen LogP contribution < -0.4 is 10.1 Å². The van der Waals surface area contributed by atoms with Crippen LogP contribution in [0.15, 0.2) is 24.3 Å². The van der Waals surface area contributed by atoms with Gasteiger partial charge in [-0.05, 0) is 31.0 Å². The first-order chi connectivity index (χ1) is 8.45. The zero-order valence-corrected chi connectivity index (χ0v) is 11.6. The monoisotopic (exact) mass is 249 g/mol. The van der Waals surface area contributed by atoms with E-state index in [0.29, 0.717) is 6.04 Å². The van der Waals surface area contributed by atoms with Crippen LogP contribution in [0.3, 0.4) is 0 Å². The molecule has 1 aromatic carbocycles. The van der Waals surface area contributed by atoms with Gasteiger partial charge in [-0.2, -0.15) is 0 Å². The van der Waals surface area contributed by atoms with E-state index in [1.54, 1.807) is 7.11 Å². The van der Waals surface area contributed by atoms with Crippen molar-refractivity contribution in [3.63, 3.8) is 0 Å². The number of ether oxygens (including phenoxy) is 1. The first-order valence-corrected chi connectivity index (χ1v) is 6.53. The summed E-state index contributed by atoms with van der Waals surface area (Å²) in [6.45, 7) is 6.38. The van der Waals surface area contributed by atoms with Crippen LogP contribution in [0.1, 0.15) is 38.8 Å². The Labute approximate surface area is 109 Å². The van der Waals surface area contributed by atoms with Crippen molar-refractivity contribution in [1.82, 2.24) is 5.32 Å². The van der Waals surface area contributed by atoms with Gasteiger partial charge in [0.1, 0.15) is 5.75 Å². The summed E-state index contributed by atoms with van der Waals surface area (Å²) in [5.74, 6) is 0.880. The molecule has 2 rings (SSSR count). The summed E-state index contributed by atoms with van der Waals surface area (Å²) in [5.41, 5.74) is 1.22. The topological polar surface area (TPSA) is 41.5 Å². The average Bonchev–Trinajstić information content (AvgIpc) is 2.38. The molecule has 0 spiro atoms. The highest BCUT2D eigenvalue weighted by Gasteiger charge is 2.47. The third-order valence-electron chi connectivity index (χ3n) is 4.28. The van der Waals surface area contributed by atoms with Crippen LogP contribution in [-0.4, -0.2) is 24.4 Å². The summed E-state index contributed by atoms with van der Waals surface area (Å²) in [5, 5.41) is 13.3. The predicted molar refractivity (Wildman–Crippen MR) is 72.7 cm³/mol. The molecule has 0 amide bonds. The summed E-state index contributed by atoms with van der Waals surface area (Å²) in [6.07, 6.45) is 0.658. The molecule has 0 heterocycles. The van der Waals surface area contributed by atoms with E-state index in [0.717, 1.165) is 12.2 Å². The second kappa shape index (κ2) is 4.90. The maximum Gasteiger partial charge on any atom is 0.118 e. The van der Waals surface area contributed by atoms with Crippen molar-refractivity contribution in [2.24, 2.45) is 5.41 Å². The van der Waals surface area contributed by atoms with E-state index in [1.165, 1.54) is 5.56 Å². The highest BCUT2D eigenvalue weighted by molar-refractivity contribution is 5.29. The number of rotatable bonds is 4. The zero-order valence-electron chi connectivity index (χ0n) is 11.6. The van der Waals surface area contributed by atoms with Crippen molar-refractivity contribution in [2.75, 3.05) is 7.11 Å². The lowest BCUT2D eigenvalue weighted by molar-refractivity contribution is -0.0754. The Balaban J connectivity index is 1.97. The number of benzene rings is 1. The molecule has 1 aliphatic rings. The minimum Gasteiger partial charge on any atom is -0.497 e. The summed E-state index contributed by atoms with van der Waals surface area (Å²) >= 11 is 0. The van der Waals surface area contributed by atoms with Gasteiger partial charge < -0.3 is 15.2 Å². The lowest BCUT2D eigenvalue weighted by Gasteiger charge is -2.50. The van der Waals surface area contributed by atoms with Gasteiger partial charge in [-0.25, -0.2) is 0 Å². The van der Waals surface area contributed by atoms with Crippen molar-refractivity contribution in [2.45, 2.75) is 45.4 Å². The summed E-state index contributed by atoms with van der Waals surface area (Å²) in [6, 6.07) is 8.79. The zero-order chi connectivity index (χ0) is 13.3. The van der Waals surface area contributed by atoms with Crippen molar-refractivity contribution in [3.8, 4) is 5.75 Å². The normalized spacial score (nSPS) is 27.4. The van der Waals surface area contributed by atoms with Gasteiger partial charge in [-0.1, -0.05) is 26.0 Å². The second-order valence-corrected chi connectivity index (χ2v) is 5.79. The van der Waals surface area contributed by atoms with Crippen molar-refractivity contribution >= 4 is 0 Å². The number of hydrogen-bond acceptors (Lipinski definition) is 3. The van der Waals surface area contributed by atoms with Gasteiger partial charge in [-0.3, -0.25) is 0 Å². The fourth-order valence-electron chi connectivity index (χ4n) is 2.48. The Morgan fingerprint density at radius 1 is 1.33 bits per heavy atom. The fraction of sp³-hybridized carbons (Fsp3) is 0.600. The van der Waals surface area contributed by atoms with Crippen LogP contribution >= 0.6 is 0 Å². The lowest BCUT2D eigenvalue weighted by Crippen LogP contribution is -2.60. The summed E-state index contributed by atoms with van der Waals surface area (Å²) in [7, 11) is 1.68. The molecule has 1 saturated carbocycles. The molecule has 1 fully saturated rings. The van der Waals surface area contributed by atoms with E-state index >= 15 is 0 Å². The quantitative estimate of drug-likeness (QED) is 0.861. The first-order valence-electron chi connectivity index (χ1n) is 6.53. The van der Waals surface area contributed by atoms with Gasteiger partial charge in [0.05, 0.1) is 13.2 Å². The lowest BCUT2D eigenvalue weighted by atomic mass is 9.64.